The van der Waals surface area contributed by atoms with E-state index in [1.54, 1.807) is 16.2 Å². The van der Waals surface area contributed by atoms with Crippen LogP contribution in [0.4, 0.5) is 4.79 Å². The van der Waals surface area contributed by atoms with Crippen molar-refractivity contribution in [1.82, 2.24) is 15.2 Å². The summed E-state index contributed by atoms with van der Waals surface area (Å²) in [6, 6.07) is 0. The molecule has 0 radical (unpaired) electrons. The zero-order chi connectivity index (χ0) is 15.2. The maximum Gasteiger partial charge on any atom is 0.410 e. The Morgan fingerprint density at radius 2 is 2.20 bits per heavy atom. The first-order valence-electron chi connectivity index (χ1n) is 6.91. The fourth-order valence-electron chi connectivity index (χ4n) is 1.62. The van der Waals surface area contributed by atoms with Gasteiger partial charge in [0.25, 0.3) is 0 Å². The van der Waals surface area contributed by atoms with Crippen LogP contribution in [0.3, 0.4) is 0 Å². The van der Waals surface area contributed by atoms with Crippen molar-refractivity contribution in [2.75, 3.05) is 19.6 Å². The molecule has 20 heavy (non-hydrogen) atoms. The van der Waals surface area contributed by atoms with Crippen LogP contribution in [0.15, 0.2) is 5.51 Å². The molecular formula is C14H25N3O2S. The predicted molar refractivity (Wildman–Crippen MR) is 82.0 cm³/mol. The maximum absolute atomic E-state index is 11.9. The highest BCUT2D eigenvalue weighted by Crippen LogP contribution is 2.11. The Hall–Kier alpha value is -1.14. The number of rotatable bonds is 6. The standard InChI is InChI=1S/C14H25N3O2S/c1-6-17(13(18)19-14(3,4)5)8-7-15-9-12-11(2)16-10-20-12/h10,15H,6-9H2,1-5H3. The highest BCUT2D eigenvalue weighted by Gasteiger charge is 2.20. The summed E-state index contributed by atoms with van der Waals surface area (Å²) in [6.07, 6.45) is -0.254. The molecule has 1 N–H and O–H groups in total. The number of nitrogens with zero attached hydrogens (tertiary/aromatic N) is 2. The van der Waals surface area contributed by atoms with Gasteiger partial charge in [0.05, 0.1) is 11.2 Å². The minimum Gasteiger partial charge on any atom is -0.444 e. The lowest BCUT2D eigenvalue weighted by Crippen LogP contribution is -2.40. The fourth-order valence-corrected chi connectivity index (χ4v) is 2.36. The number of thiazole rings is 1. The van der Waals surface area contributed by atoms with Gasteiger partial charge >= 0.3 is 6.09 Å². The van der Waals surface area contributed by atoms with Crippen LogP contribution in [0.2, 0.25) is 0 Å². The molecule has 1 rings (SSSR count). The van der Waals surface area contributed by atoms with E-state index in [0.29, 0.717) is 13.1 Å². The summed E-state index contributed by atoms with van der Waals surface area (Å²) in [5.41, 5.74) is 2.48. The lowest BCUT2D eigenvalue weighted by molar-refractivity contribution is 0.0262. The van der Waals surface area contributed by atoms with Crippen molar-refractivity contribution in [2.45, 2.75) is 46.8 Å². The molecule has 1 aromatic rings. The number of ether oxygens (including phenoxy) is 1. The zero-order valence-electron chi connectivity index (χ0n) is 13.0. The Kier molecular flexibility index (Phi) is 6.42. The van der Waals surface area contributed by atoms with Gasteiger partial charge in [-0.1, -0.05) is 0 Å². The van der Waals surface area contributed by atoms with Gasteiger partial charge in [0, 0.05) is 31.1 Å². The SMILES string of the molecule is CCN(CCNCc1scnc1C)C(=O)OC(C)(C)C. The van der Waals surface area contributed by atoms with Crippen molar-refractivity contribution >= 4 is 17.4 Å². The molecule has 0 saturated heterocycles. The van der Waals surface area contributed by atoms with Gasteiger partial charge in [0.15, 0.2) is 0 Å². The fraction of sp³-hybridized carbons (Fsp3) is 0.714. The van der Waals surface area contributed by atoms with Gasteiger partial charge in [0.2, 0.25) is 0 Å². The summed E-state index contributed by atoms with van der Waals surface area (Å²) in [5, 5.41) is 3.33. The van der Waals surface area contributed by atoms with Gasteiger partial charge in [-0.2, -0.15) is 0 Å². The molecule has 1 aromatic heterocycles. The van der Waals surface area contributed by atoms with Crippen LogP contribution in [-0.4, -0.2) is 41.2 Å². The second kappa shape index (κ2) is 7.59. The van der Waals surface area contributed by atoms with E-state index >= 15 is 0 Å². The van der Waals surface area contributed by atoms with Crippen LogP contribution in [0.1, 0.15) is 38.3 Å². The van der Waals surface area contributed by atoms with Crippen molar-refractivity contribution in [3.8, 4) is 0 Å². The van der Waals surface area contributed by atoms with Crippen LogP contribution >= 0.6 is 11.3 Å². The van der Waals surface area contributed by atoms with Gasteiger partial charge in [-0.25, -0.2) is 9.78 Å². The molecule has 6 heteroatoms. The van der Waals surface area contributed by atoms with Gasteiger partial charge in [0.1, 0.15) is 5.60 Å². The van der Waals surface area contributed by atoms with E-state index < -0.39 is 5.60 Å². The van der Waals surface area contributed by atoms with Crippen molar-refractivity contribution in [1.29, 1.82) is 0 Å². The maximum atomic E-state index is 11.9. The average Bonchev–Trinajstić information content (AvgIpc) is 2.72. The number of aryl methyl sites for hydroxylation is 1. The smallest absolute Gasteiger partial charge is 0.410 e. The van der Waals surface area contributed by atoms with Crippen LogP contribution < -0.4 is 5.32 Å². The molecule has 0 spiro atoms. The lowest BCUT2D eigenvalue weighted by Gasteiger charge is -2.26. The molecule has 0 fully saturated rings. The molecular weight excluding hydrogens is 274 g/mol. The molecule has 0 atom stereocenters. The number of carbonyl (C=O) groups excluding carboxylic acids is 1. The van der Waals surface area contributed by atoms with Crippen molar-refractivity contribution < 1.29 is 9.53 Å². The molecule has 114 valence electrons. The first-order chi connectivity index (χ1) is 9.33. The Balaban J connectivity index is 2.31. The number of carbonyl (C=O) groups is 1. The van der Waals surface area contributed by atoms with E-state index in [9.17, 15) is 4.79 Å². The molecule has 0 aliphatic heterocycles. The monoisotopic (exact) mass is 299 g/mol. The highest BCUT2D eigenvalue weighted by atomic mass is 32.1. The second-order valence-electron chi connectivity index (χ2n) is 5.60. The average molecular weight is 299 g/mol. The number of amides is 1. The minimum atomic E-state index is -0.447. The first-order valence-corrected chi connectivity index (χ1v) is 7.79. The second-order valence-corrected chi connectivity index (χ2v) is 6.54. The van der Waals surface area contributed by atoms with Crippen molar-refractivity contribution in [3.05, 3.63) is 16.1 Å². The summed E-state index contributed by atoms with van der Waals surface area (Å²) in [6.45, 7) is 12.4. The molecule has 5 nitrogen and oxygen atoms in total. The zero-order valence-corrected chi connectivity index (χ0v) is 13.8. The van der Waals surface area contributed by atoms with Gasteiger partial charge < -0.3 is 15.0 Å². The summed E-state index contributed by atoms with van der Waals surface area (Å²) >= 11 is 1.65. The summed E-state index contributed by atoms with van der Waals surface area (Å²) in [7, 11) is 0. The van der Waals surface area contributed by atoms with E-state index in [-0.39, 0.29) is 6.09 Å². The van der Waals surface area contributed by atoms with Crippen LogP contribution in [0.25, 0.3) is 0 Å². The molecule has 0 bridgehead atoms. The van der Waals surface area contributed by atoms with E-state index in [1.165, 1.54) is 4.88 Å². The van der Waals surface area contributed by atoms with Gasteiger partial charge in [-0.15, -0.1) is 11.3 Å². The number of hydrogen-bond donors (Lipinski definition) is 1. The molecule has 1 heterocycles. The first kappa shape index (κ1) is 16.9. The highest BCUT2D eigenvalue weighted by molar-refractivity contribution is 7.09. The number of hydrogen-bond acceptors (Lipinski definition) is 5. The Bertz CT molecular complexity index is 426. The van der Waals surface area contributed by atoms with E-state index in [1.807, 2.05) is 40.1 Å². The minimum absolute atomic E-state index is 0.254. The molecule has 1 amide bonds. The summed E-state index contributed by atoms with van der Waals surface area (Å²) < 4.78 is 5.36. The summed E-state index contributed by atoms with van der Waals surface area (Å²) in [4.78, 5) is 19.1. The van der Waals surface area contributed by atoms with Crippen molar-refractivity contribution in [3.63, 3.8) is 0 Å². The molecule has 0 aliphatic carbocycles. The lowest BCUT2D eigenvalue weighted by atomic mass is 10.2. The number of aromatic nitrogens is 1. The predicted octanol–water partition coefficient (Wildman–Crippen LogP) is 2.80. The van der Waals surface area contributed by atoms with Crippen molar-refractivity contribution in [2.24, 2.45) is 0 Å². The molecule has 0 aliphatic rings. The third-order valence-electron chi connectivity index (χ3n) is 2.72. The van der Waals surface area contributed by atoms with Gasteiger partial charge in [-0.3, -0.25) is 0 Å². The normalized spacial score (nSPS) is 11.4. The van der Waals surface area contributed by atoms with E-state index in [0.717, 1.165) is 18.8 Å². The quantitative estimate of drug-likeness (QED) is 0.821. The Labute approximate surface area is 125 Å². The third-order valence-corrected chi connectivity index (χ3v) is 3.66. The molecule has 0 saturated carbocycles. The topological polar surface area (TPSA) is 54.5 Å². The van der Waals surface area contributed by atoms with E-state index in [4.69, 9.17) is 4.74 Å². The van der Waals surface area contributed by atoms with Crippen LogP contribution in [-0.2, 0) is 11.3 Å². The molecule has 0 aromatic carbocycles. The van der Waals surface area contributed by atoms with Crippen LogP contribution in [0.5, 0.6) is 0 Å². The largest absolute Gasteiger partial charge is 0.444 e. The Morgan fingerprint density at radius 3 is 2.70 bits per heavy atom. The Morgan fingerprint density at radius 1 is 1.50 bits per heavy atom. The van der Waals surface area contributed by atoms with Crippen LogP contribution in [0, 0.1) is 6.92 Å². The van der Waals surface area contributed by atoms with Gasteiger partial charge in [-0.05, 0) is 34.6 Å². The molecule has 0 unspecified atom stereocenters. The summed E-state index contributed by atoms with van der Waals surface area (Å²) in [5.74, 6) is 0. The number of likely N-dealkylation sites (N-methyl/N-ethyl adjacent to an activating group) is 1. The van der Waals surface area contributed by atoms with E-state index in [2.05, 4.69) is 10.3 Å². The third kappa shape index (κ3) is 5.88. The number of nitrogens with one attached hydrogen (secondary N) is 1.